The molecule has 2 rings (SSSR count). The largest absolute Gasteiger partial charge is 0.444 e. The van der Waals surface area contributed by atoms with Gasteiger partial charge < -0.3 is 9.64 Å². The Labute approximate surface area is 89.8 Å². The number of ether oxygens (including phenoxy) is 1. The second kappa shape index (κ2) is 2.88. The number of hydrogen-bond donors (Lipinski definition) is 0. The minimum atomic E-state index is -0.433. The van der Waals surface area contributed by atoms with E-state index in [1.165, 1.54) is 0 Å². The van der Waals surface area contributed by atoms with E-state index in [2.05, 4.69) is 6.07 Å². The molecule has 0 bridgehead atoms. The zero-order valence-corrected chi connectivity index (χ0v) is 9.41. The van der Waals surface area contributed by atoms with Crippen LogP contribution in [-0.2, 0) is 4.74 Å². The number of likely N-dealkylation sites (tertiary alicyclic amines) is 1. The Bertz CT molecular complexity index is 331. The zero-order chi connectivity index (χ0) is 11.3. The van der Waals surface area contributed by atoms with Gasteiger partial charge in [-0.15, -0.1) is 0 Å². The van der Waals surface area contributed by atoms with Gasteiger partial charge in [0.15, 0.2) is 0 Å². The first-order valence-corrected chi connectivity index (χ1v) is 5.24. The van der Waals surface area contributed by atoms with Crippen molar-refractivity contribution in [3.63, 3.8) is 0 Å². The van der Waals surface area contributed by atoms with Crippen molar-refractivity contribution in [2.45, 2.75) is 32.8 Å². The maximum absolute atomic E-state index is 11.6. The molecule has 2 aliphatic rings. The molecule has 2 fully saturated rings. The molecule has 15 heavy (non-hydrogen) atoms. The summed E-state index contributed by atoms with van der Waals surface area (Å²) in [7, 11) is 0. The number of amides is 1. The summed E-state index contributed by atoms with van der Waals surface area (Å²) in [4.78, 5) is 13.3. The van der Waals surface area contributed by atoms with Gasteiger partial charge in [0, 0.05) is 18.5 Å². The molecule has 1 aliphatic heterocycles. The highest BCUT2D eigenvalue weighted by Crippen LogP contribution is 2.58. The van der Waals surface area contributed by atoms with E-state index in [4.69, 9.17) is 10.00 Å². The lowest BCUT2D eigenvalue weighted by atomic mass is 9.94. The minimum absolute atomic E-state index is 0.131. The Balaban J connectivity index is 1.81. The maximum atomic E-state index is 11.6. The number of nitrogens with zero attached hydrogens (tertiary/aromatic N) is 2. The second-order valence-electron chi connectivity index (χ2n) is 5.58. The molecule has 0 radical (unpaired) electrons. The van der Waals surface area contributed by atoms with Crippen molar-refractivity contribution < 1.29 is 9.53 Å². The summed E-state index contributed by atoms with van der Waals surface area (Å²) in [6.07, 6.45) is 0.694. The average molecular weight is 208 g/mol. The van der Waals surface area contributed by atoms with Crippen LogP contribution in [0.3, 0.4) is 0 Å². The van der Waals surface area contributed by atoms with Crippen LogP contribution in [0, 0.1) is 22.7 Å². The molecule has 0 aromatic heterocycles. The summed E-state index contributed by atoms with van der Waals surface area (Å²) in [5, 5.41) is 8.73. The number of rotatable bonds is 0. The van der Waals surface area contributed by atoms with Crippen LogP contribution >= 0.6 is 0 Å². The minimum Gasteiger partial charge on any atom is -0.444 e. The van der Waals surface area contributed by atoms with Gasteiger partial charge in [0.05, 0.1) is 12.0 Å². The molecular formula is C11H16N2O2. The van der Waals surface area contributed by atoms with Gasteiger partial charge in [-0.1, -0.05) is 0 Å². The van der Waals surface area contributed by atoms with E-state index in [1.54, 1.807) is 4.90 Å². The van der Waals surface area contributed by atoms with Crippen LogP contribution < -0.4 is 0 Å². The second-order valence-corrected chi connectivity index (χ2v) is 5.58. The molecule has 1 unspecified atom stereocenters. The fraction of sp³-hybridized carbons (Fsp3) is 0.818. The third-order valence-electron chi connectivity index (χ3n) is 3.01. The topological polar surface area (TPSA) is 53.3 Å². The van der Waals surface area contributed by atoms with Gasteiger partial charge in [-0.25, -0.2) is 4.79 Å². The first-order chi connectivity index (χ1) is 6.86. The van der Waals surface area contributed by atoms with Gasteiger partial charge in [-0.2, -0.15) is 5.26 Å². The van der Waals surface area contributed by atoms with E-state index in [0.29, 0.717) is 13.1 Å². The molecule has 4 nitrogen and oxygen atoms in total. The van der Waals surface area contributed by atoms with E-state index < -0.39 is 5.60 Å². The molecule has 0 aromatic carbocycles. The van der Waals surface area contributed by atoms with Crippen molar-refractivity contribution in [3.8, 4) is 6.07 Å². The van der Waals surface area contributed by atoms with Crippen molar-refractivity contribution in [1.82, 2.24) is 4.90 Å². The van der Waals surface area contributed by atoms with Crippen LogP contribution in [-0.4, -0.2) is 29.7 Å². The SMILES string of the molecule is CC(C)(C)OC(=O)N1CC2(CC2C#N)C1. The molecule has 0 N–H and O–H groups in total. The Morgan fingerprint density at radius 3 is 2.53 bits per heavy atom. The highest BCUT2D eigenvalue weighted by molar-refractivity contribution is 5.70. The molecule has 1 saturated heterocycles. The predicted octanol–water partition coefficient (Wildman–Crippen LogP) is 1.77. The molecule has 1 atom stereocenters. The van der Waals surface area contributed by atoms with Crippen LogP contribution in [0.25, 0.3) is 0 Å². The Morgan fingerprint density at radius 2 is 2.13 bits per heavy atom. The summed E-state index contributed by atoms with van der Waals surface area (Å²) >= 11 is 0. The Morgan fingerprint density at radius 1 is 1.53 bits per heavy atom. The van der Waals surface area contributed by atoms with E-state index in [9.17, 15) is 4.79 Å². The van der Waals surface area contributed by atoms with E-state index in [1.807, 2.05) is 20.8 Å². The third-order valence-corrected chi connectivity index (χ3v) is 3.01. The van der Waals surface area contributed by atoms with Gasteiger partial charge in [0.2, 0.25) is 0 Å². The number of nitriles is 1. The summed E-state index contributed by atoms with van der Waals surface area (Å²) in [5.74, 6) is 0.163. The number of hydrogen-bond acceptors (Lipinski definition) is 3. The van der Waals surface area contributed by atoms with Crippen LogP contribution in [0.15, 0.2) is 0 Å². The standard InChI is InChI=1S/C11H16N2O2/c1-10(2,3)15-9(14)13-6-11(7-13)4-8(11)5-12/h8H,4,6-7H2,1-3H3. The fourth-order valence-corrected chi connectivity index (χ4v) is 2.05. The summed E-state index contributed by atoms with van der Waals surface area (Å²) in [6.45, 7) is 6.96. The highest BCUT2D eigenvalue weighted by atomic mass is 16.6. The van der Waals surface area contributed by atoms with Crippen molar-refractivity contribution in [3.05, 3.63) is 0 Å². The van der Waals surface area contributed by atoms with Crippen molar-refractivity contribution in [2.24, 2.45) is 11.3 Å². The first kappa shape index (κ1) is 10.3. The molecule has 4 heteroatoms. The Kier molecular flexibility index (Phi) is 1.97. The molecule has 0 aromatic rings. The van der Waals surface area contributed by atoms with Crippen LogP contribution in [0.5, 0.6) is 0 Å². The quantitative estimate of drug-likeness (QED) is 0.609. The molecular weight excluding hydrogens is 192 g/mol. The lowest BCUT2D eigenvalue weighted by molar-refractivity contribution is -0.00781. The summed E-state index contributed by atoms with van der Waals surface area (Å²) in [6, 6.07) is 2.26. The predicted molar refractivity (Wildman–Crippen MR) is 54.0 cm³/mol. The third kappa shape index (κ3) is 1.79. The Hall–Kier alpha value is -1.24. The van der Waals surface area contributed by atoms with E-state index in [-0.39, 0.29) is 17.4 Å². The average Bonchev–Trinajstić information content (AvgIpc) is 2.71. The first-order valence-electron chi connectivity index (χ1n) is 5.24. The van der Waals surface area contributed by atoms with E-state index in [0.717, 1.165) is 6.42 Å². The van der Waals surface area contributed by atoms with Crippen molar-refractivity contribution in [2.75, 3.05) is 13.1 Å². The molecule has 1 saturated carbocycles. The van der Waals surface area contributed by atoms with Gasteiger partial charge in [0.1, 0.15) is 5.60 Å². The zero-order valence-electron chi connectivity index (χ0n) is 9.41. The lowest BCUT2D eigenvalue weighted by Crippen LogP contribution is -2.53. The van der Waals surface area contributed by atoms with Crippen LogP contribution in [0.1, 0.15) is 27.2 Å². The van der Waals surface area contributed by atoms with Gasteiger partial charge in [0.25, 0.3) is 0 Å². The smallest absolute Gasteiger partial charge is 0.410 e. The van der Waals surface area contributed by atoms with Crippen LogP contribution in [0.2, 0.25) is 0 Å². The monoisotopic (exact) mass is 208 g/mol. The molecule has 1 spiro atoms. The normalized spacial score (nSPS) is 26.8. The highest BCUT2D eigenvalue weighted by Gasteiger charge is 2.63. The lowest BCUT2D eigenvalue weighted by Gasteiger charge is -2.40. The molecule has 1 aliphatic carbocycles. The van der Waals surface area contributed by atoms with Gasteiger partial charge in [-0.3, -0.25) is 0 Å². The van der Waals surface area contributed by atoms with Crippen LogP contribution in [0.4, 0.5) is 4.79 Å². The summed E-state index contributed by atoms with van der Waals surface area (Å²) in [5.41, 5.74) is -0.302. The van der Waals surface area contributed by atoms with E-state index >= 15 is 0 Å². The fourth-order valence-electron chi connectivity index (χ4n) is 2.05. The number of carbonyl (C=O) groups is 1. The maximum Gasteiger partial charge on any atom is 0.410 e. The number of carbonyl (C=O) groups excluding carboxylic acids is 1. The van der Waals surface area contributed by atoms with Crippen molar-refractivity contribution >= 4 is 6.09 Å². The molecule has 1 amide bonds. The van der Waals surface area contributed by atoms with Gasteiger partial charge in [-0.05, 0) is 27.2 Å². The summed E-state index contributed by atoms with van der Waals surface area (Å²) < 4.78 is 5.24. The van der Waals surface area contributed by atoms with Gasteiger partial charge >= 0.3 is 6.09 Å². The van der Waals surface area contributed by atoms with Crippen molar-refractivity contribution in [1.29, 1.82) is 5.26 Å². The molecule has 82 valence electrons. The molecule has 1 heterocycles.